The Morgan fingerprint density at radius 1 is 1.17 bits per heavy atom. The van der Waals surface area contributed by atoms with Gasteiger partial charge in [-0.3, -0.25) is 0 Å². The summed E-state index contributed by atoms with van der Waals surface area (Å²) in [4.78, 5) is 0. The predicted molar refractivity (Wildman–Crippen MR) is 92.6 cm³/mol. The number of H-pyrrole nitrogens is 1. The van der Waals surface area contributed by atoms with Crippen LogP contribution < -0.4 is 4.74 Å². The van der Waals surface area contributed by atoms with Gasteiger partial charge >= 0.3 is 0 Å². The highest BCUT2D eigenvalue weighted by Gasteiger charge is 2.06. The number of nitrogens with zero attached hydrogens (tertiary/aromatic N) is 3. The van der Waals surface area contributed by atoms with Crippen LogP contribution in [0.2, 0.25) is 5.02 Å². The highest BCUT2D eigenvalue weighted by Crippen LogP contribution is 2.11. The van der Waals surface area contributed by atoms with Gasteiger partial charge in [0.25, 0.3) is 0 Å². The second-order valence-corrected chi connectivity index (χ2v) is 5.48. The first-order valence-electron chi connectivity index (χ1n) is 6.86. The first kappa shape index (κ1) is 15.5. The third-order valence-electron chi connectivity index (χ3n) is 3.02. The summed E-state index contributed by atoms with van der Waals surface area (Å²) in [6.07, 6.45) is 1.69. The van der Waals surface area contributed by atoms with Crippen molar-refractivity contribution in [2.45, 2.75) is 6.61 Å². The molecule has 1 aromatic heterocycles. The van der Waals surface area contributed by atoms with Crippen molar-refractivity contribution in [1.29, 1.82) is 0 Å². The molecular formula is C16H13ClN4OS. The van der Waals surface area contributed by atoms with Crippen LogP contribution in [0.15, 0.2) is 59.7 Å². The Morgan fingerprint density at radius 2 is 1.91 bits per heavy atom. The van der Waals surface area contributed by atoms with E-state index in [1.807, 2.05) is 42.5 Å². The number of ether oxygens (including phenoxy) is 1. The second-order valence-electron chi connectivity index (χ2n) is 4.65. The van der Waals surface area contributed by atoms with Crippen molar-refractivity contribution in [1.82, 2.24) is 14.9 Å². The standard InChI is InChI=1S/C16H13ClN4OS/c17-13-8-6-12(7-9-13)10-18-21-15(19-20-16(21)23)11-22-14-4-2-1-3-5-14/h1-10H,11H2,(H,20,23). The van der Waals surface area contributed by atoms with Crippen molar-refractivity contribution in [3.8, 4) is 5.75 Å². The number of nitrogens with one attached hydrogen (secondary N) is 1. The predicted octanol–water partition coefficient (Wildman–Crippen LogP) is 4.06. The number of para-hydroxylation sites is 1. The van der Waals surface area contributed by atoms with Gasteiger partial charge < -0.3 is 4.74 Å². The smallest absolute Gasteiger partial charge is 0.216 e. The summed E-state index contributed by atoms with van der Waals surface area (Å²) in [6.45, 7) is 0.259. The van der Waals surface area contributed by atoms with Gasteiger partial charge in [-0.25, -0.2) is 5.10 Å². The monoisotopic (exact) mass is 344 g/mol. The van der Waals surface area contributed by atoms with Gasteiger partial charge in [0.2, 0.25) is 4.77 Å². The SMILES string of the molecule is S=c1[nH]nc(COc2ccccc2)n1N=Cc1ccc(Cl)cc1. The Balaban J connectivity index is 1.76. The van der Waals surface area contributed by atoms with Gasteiger partial charge in [0, 0.05) is 5.02 Å². The summed E-state index contributed by atoms with van der Waals surface area (Å²) in [7, 11) is 0. The molecule has 1 N–H and O–H groups in total. The highest BCUT2D eigenvalue weighted by molar-refractivity contribution is 7.71. The van der Waals surface area contributed by atoms with Crippen molar-refractivity contribution in [2.24, 2.45) is 5.10 Å². The average molecular weight is 345 g/mol. The molecule has 0 spiro atoms. The van der Waals surface area contributed by atoms with Gasteiger partial charge in [0.15, 0.2) is 5.82 Å². The normalized spacial score (nSPS) is 11.0. The Labute approximate surface area is 143 Å². The summed E-state index contributed by atoms with van der Waals surface area (Å²) in [5.41, 5.74) is 0.910. The maximum atomic E-state index is 5.86. The zero-order valence-corrected chi connectivity index (χ0v) is 13.6. The van der Waals surface area contributed by atoms with Crippen molar-refractivity contribution >= 4 is 30.0 Å². The van der Waals surface area contributed by atoms with Gasteiger partial charge in [-0.1, -0.05) is 41.9 Å². The fraction of sp³-hybridized carbons (Fsp3) is 0.0625. The average Bonchev–Trinajstić information content (AvgIpc) is 2.93. The summed E-state index contributed by atoms with van der Waals surface area (Å²) in [5.74, 6) is 1.35. The van der Waals surface area contributed by atoms with Gasteiger partial charge in [0.1, 0.15) is 12.4 Å². The lowest BCUT2D eigenvalue weighted by Crippen LogP contribution is -2.04. The Hall–Kier alpha value is -2.44. The number of aromatic amines is 1. The van der Waals surface area contributed by atoms with E-state index in [0.29, 0.717) is 15.6 Å². The van der Waals surface area contributed by atoms with E-state index in [9.17, 15) is 0 Å². The molecule has 5 nitrogen and oxygen atoms in total. The molecule has 23 heavy (non-hydrogen) atoms. The molecule has 2 aromatic carbocycles. The van der Waals surface area contributed by atoms with E-state index in [0.717, 1.165) is 11.3 Å². The fourth-order valence-corrected chi connectivity index (χ4v) is 2.20. The molecule has 0 unspecified atom stereocenters. The minimum atomic E-state index is 0.259. The molecule has 0 saturated carbocycles. The topological polar surface area (TPSA) is 55.2 Å². The number of aromatic nitrogens is 3. The van der Waals surface area contributed by atoms with Crippen LogP contribution in [0.25, 0.3) is 0 Å². The molecule has 0 fully saturated rings. The molecule has 7 heteroatoms. The maximum absolute atomic E-state index is 5.86. The zero-order chi connectivity index (χ0) is 16.1. The van der Waals surface area contributed by atoms with E-state index in [2.05, 4.69) is 15.3 Å². The zero-order valence-electron chi connectivity index (χ0n) is 12.0. The molecule has 0 amide bonds. The lowest BCUT2D eigenvalue weighted by atomic mass is 10.2. The van der Waals surface area contributed by atoms with Crippen molar-refractivity contribution in [3.63, 3.8) is 0 Å². The molecular weight excluding hydrogens is 332 g/mol. The second kappa shape index (κ2) is 7.21. The van der Waals surface area contributed by atoms with Gasteiger partial charge in [-0.05, 0) is 42.0 Å². The van der Waals surface area contributed by atoms with Crippen molar-refractivity contribution in [2.75, 3.05) is 0 Å². The molecule has 1 heterocycles. The van der Waals surface area contributed by atoms with Crippen LogP contribution in [-0.2, 0) is 6.61 Å². The number of rotatable bonds is 5. The summed E-state index contributed by atoms with van der Waals surface area (Å²) in [6, 6.07) is 16.8. The van der Waals surface area contributed by atoms with Crippen molar-refractivity contribution < 1.29 is 4.74 Å². The lowest BCUT2D eigenvalue weighted by Gasteiger charge is -2.04. The van der Waals surface area contributed by atoms with Gasteiger partial charge in [-0.15, -0.1) is 0 Å². The number of hydrogen-bond acceptors (Lipinski definition) is 4. The minimum absolute atomic E-state index is 0.259. The van der Waals surface area contributed by atoms with E-state index in [-0.39, 0.29) is 6.61 Å². The van der Waals surface area contributed by atoms with E-state index in [1.165, 1.54) is 4.68 Å². The van der Waals surface area contributed by atoms with Crippen molar-refractivity contribution in [3.05, 3.63) is 75.8 Å². The Morgan fingerprint density at radius 3 is 2.65 bits per heavy atom. The van der Waals surface area contributed by atoms with Crippen LogP contribution in [-0.4, -0.2) is 21.1 Å². The van der Waals surface area contributed by atoms with Crippen LogP contribution in [0.3, 0.4) is 0 Å². The third kappa shape index (κ3) is 4.06. The molecule has 0 aliphatic rings. The molecule has 0 aliphatic heterocycles. The van der Waals surface area contributed by atoms with Crippen LogP contribution in [0.5, 0.6) is 5.75 Å². The molecule has 0 radical (unpaired) electrons. The number of hydrogen-bond donors (Lipinski definition) is 1. The largest absolute Gasteiger partial charge is 0.486 e. The Kier molecular flexibility index (Phi) is 4.85. The van der Waals surface area contributed by atoms with Gasteiger partial charge in [-0.2, -0.15) is 14.9 Å². The van der Waals surface area contributed by atoms with Crippen LogP contribution in [0.4, 0.5) is 0 Å². The highest BCUT2D eigenvalue weighted by atomic mass is 35.5. The van der Waals surface area contributed by atoms with Crippen LogP contribution in [0, 0.1) is 4.77 Å². The molecule has 0 bridgehead atoms. The molecule has 3 rings (SSSR count). The minimum Gasteiger partial charge on any atom is -0.486 e. The number of halogens is 1. The van der Waals surface area contributed by atoms with Crippen LogP contribution in [0.1, 0.15) is 11.4 Å². The Bertz CT molecular complexity index is 856. The van der Waals surface area contributed by atoms with E-state index < -0.39 is 0 Å². The first-order chi connectivity index (χ1) is 11.2. The lowest BCUT2D eigenvalue weighted by molar-refractivity contribution is 0.290. The van der Waals surface area contributed by atoms with E-state index >= 15 is 0 Å². The van der Waals surface area contributed by atoms with E-state index in [4.69, 9.17) is 28.6 Å². The summed E-state index contributed by atoms with van der Waals surface area (Å²) in [5, 5.41) is 11.9. The molecule has 0 atom stereocenters. The summed E-state index contributed by atoms with van der Waals surface area (Å²) >= 11 is 11.1. The molecule has 3 aromatic rings. The fourth-order valence-electron chi connectivity index (χ4n) is 1.87. The van der Waals surface area contributed by atoms with Crippen LogP contribution >= 0.6 is 23.8 Å². The molecule has 0 saturated heterocycles. The quantitative estimate of drug-likeness (QED) is 0.561. The van der Waals surface area contributed by atoms with Gasteiger partial charge in [0.05, 0.1) is 6.21 Å². The van der Waals surface area contributed by atoms with E-state index in [1.54, 1.807) is 18.3 Å². The third-order valence-corrected chi connectivity index (χ3v) is 3.54. The molecule has 0 aliphatic carbocycles. The number of benzene rings is 2. The first-order valence-corrected chi connectivity index (χ1v) is 7.65. The maximum Gasteiger partial charge on any atom is 0.216 e. The summed E-state index contributed by atoms with van der Waals surface area (Å²) < 4.78 is 7.61. The molecule has 116 valence electrons.